The minimum Gasteiger partial charge on any atom is -0.467 e. The van der Waals surface area contributed by atoms with E-state index in [2.05, 4.69) is 20.8 Å². The number of hydrogen-bond acceptors (Lipinski definition) is 8. The average Bonchev–Trinajstić information content (AvgIpc) is 3.38. The Balaban J connectivity index is 1.48. The molecule has 0 fully saturated rings. The van der Waals surface area contributed by atoms with Crippen LogP contribution in [-0.2, 0) is 16.1 Å². The van der Waals surface area contributed by atoms with Crippen molar-refractivity contribution in [3.63, 3.8) is 0 Å². The molecule has 1 aliphatic rings. The fourth-order valence-electron chi connectivity index (χ4n) is 3.13. The number of nitrogens with one attached hydrogen (secondary N) is 2. The highest BCUT2D eigenvalue weighted by molar-refractivity contribution is 8.02. The number of amides is 2. The molecule has 0 saturated heterocycles. The summed E-state index contributed by atoms with van der Waals surface area (Å²) >= 11 is 2.70. The van der Waals surface area contributed by atoms with Crippen molar-refractivity contribution in [3.05, 3.63) is 48.4 Å². The number of para-hydroxylation sites is 2. The van der Waals surface area contributed by atoms with Gasteiger partial charge in [-0.25, -0.2) is 0 Å². The van der Waals surface area contributed by atoms with Gasteiger partial charge < -0.3 is 15.1 Å². The summed E-state index contributed by atoms with van der Waals surface area (Å²) < 4.78 is 5.96. The van der Waals surface area contributed by atoms with Crippen LogP contribution in [0, 0.1) is 0 Å². The average molecular weight is 444 g/mol. The predicted octanol–water partition coefficient (Wildman–Crippen LogP) is 3.99. The van der Waals surface area contributed by atoms with Gasteiger partial charge in [-0.15, -0.1) is 10.2 Å². The van der Waals surface area contributed by atoms with Crippen LogP contribution < -0.4 is 15.5 Å². The summed E-state index contributed by atoms with van der Waals surface area (Å²) in [6.07, 6.45) is 1.62. The first-order valence-electron chi connectivity index (χ1n) is 9.37. The number of rotatable bonds is 6. The molecule has 4 rings (SSSR count). The molecule has 1 aliphatic heterocycles. The Morgan fingerprint density at radius 3 is 2.87 bits per heavy atom. The Labute approximate surface area is 182 Å². The molecule has 0 aliphatic carbocycles. The smallest absolute Gasteiger partial charge is 0.250 e. The molecule has 3 aromatic rings. The Hall–Kier alpha value is -2.85. The number of aromatic nitrogens is 2. The first-order valence-corrected chi connectivity index (χ1v) is 11.1. The first kappa shape index (κ1) is 20.4. The largest absolute Gasteiger partial charge is 0.467 e. The van der Waals surface area contributed by atoms with Crippen molar-refractivity contribution in [2.24, 2.45) is 0 Å². The van der Waals surface area contributed by atoms with Gasteiger partial charge in [0.05, 0.1) is 29.4 Å². The van der Waals surface area contributed by atoms with Gasteiger partial charge in [-0.2, -0.15) is 0 Å². The molecular formula is C20H21N5O3S2. The molecular weight excluding hydrogens is 422 g/mol. The van der Waals surface area contributed by atoms with Gasteiger partial charge in [0, 0.05) is 0 Å². The van der Waals surface area contributed by atoms with E-state index in [-0.39, 0.29) is 11.8 Å². The van der Waals surface area contributed by atoms with Crippen molar-refractivity contribution in [3.8, 4) is 0 Å². The molecule has 0 bridgehead atoms. The lowest BCUT2D eigenvalue weighted by Crippen LogP contribution is -2.60. The number of benzene rings is 1. The quantitative estimate of drug-likeness (QED) is 0.556. The van der Waals surface area contributed by atoms with Gasteiger partial charge >= 0.3 is 0 Å². The predicted molar refractivity (Wildman–Crippen MR) is 118 cm³/mol. The standard InChI is InChI=1S/C20H21N5O3S2/c1-12(29-19-24-23-18(30-19)21-11-13-7-6-10-28-13)16(26)25-15-9-5-4-8-14(15)22-17(27)20(25,2)3/h4-10,12H,11H2,1-3H3,(H,21,23)(H,22,27). The minimum absolute atomic E-state index is 0.160. The highest BCUT2D eigenvalue weighted by atomic mass is 32.2. The summed E-state index contributed by atoms with van der Waals surface area (Å²) in [4.78, 5) is 27.5. The van der Waals surface area contributed by atoms with Crippen molar-refractivity contribution in [2.45, 2.75) is 42.4 Å². The van der Waals surface area contributed by atoms with Gasteiger partial charge in [-0.3, -0.25) is 14.5 Å². The number of carbonyl (C=O) groups excluding carboxylic acids is 2. The van der Waals surface area contributed by atoms with Crippen LogP contribution in [0.4, 0.5) is 16.5 Å². The Morgan fingerprint density at radius 2 is 2.10 bits per heavy atom. The van der Waals surface area contributed by atoms with Gasteiger partial charge in [-0.05, 0) is 45.0 Å². The van der Waals surface area contributed by atoms with Crippen LogP contribution in [0.15, 0.2) is 51.4 Å². The van der Waals surface area contributed by atoms with Gasteiger partial charge in [0.15, 0.2) is 4.34 Å². The normalized spacial score (nSPS) is 16.0. The number of anilines is 3. The minimum atomic E-state index is -1.00. The van der Waals surface area contributed by atoms with E-state index in [1.54, 1.807) is 31.1 Å². The zero-order chi connectivity index (χ0) is 21.3. The Morgan fingerprint density at radius 1 is 1.30 bits per heavy atom. The maximum atomic E-state index is 13.4. The van der Waals surface area contributed by atoms with Crippen molar-refractivity contribution in [2.75, 3.05) is 15.5 Å². The summed E-state index contributed by atoms with van der Waals surface area (Å²) in [5.74, 6) is 0.423. The molecule has 30 heavy (non-hydrogen) atoms. The van der Waals surface area contributed by atoms with Crippen LogP contribution in [-0.4, -0.2) is 32.8 Å². The molecule has 1 unspecified atom stereocenters. The third-order valence-corrected chi connectivity index (χ3v) is 6.81. The van der Waals surface area contributed by atoms with Gasteiger partial charge in [0.1, 0.15) is 11.3 Å². The number of thioether (sulfide) groups is 1. The SMILES string of the molecule is CC(Sc1nnc(NCc2ccco2)s1)C(=O)N1c2ccccc2NC(=O)C1(C)C. The number of carbonyl (C=O) groups is 2. The summed E-state index contributed by atoms with van der Waals surface area (Å²) in [7, 11) is 0. The number of nitrogens with zero attached hydrogens (tertiary/aromatic N) is 3. The summed E-state index contributed by atoms with van der Waals surface area (Å²) in [5, 5.41) is 14.5. The van der Waals surface area contributed by atoms with Crippen molar-refractivity contribution in [1.82, 2.24) is 10.2 Å². The second-order valence-electron chi connectivity index (χ2n) is 7.27. The van der Waals surface area contributed by atoms with Crippen LogP contribution in [0.1, 0.15) is 26.5 Å². The van der Waals surface area contributed by atoms with Crippen LogP contribution in [0.3, 0.4) is 0 Å². The molecule has 0 spiro atoms. The summed E-state index contributed by atoms with van der Waals surface area (Å²) in [5.41, 5.74) is 0.322. The highest BCUT2D eigenvalue weighted by Crippen LogP contribution is 2.39. The molecule has 0 radical (unpaired) electrons. The molecule has 1 atom stereocenters. The van der Waals surface area contributed by atoms with Crippen molar-refractivity contribution in [1.29, 1.82) is 0 Å². The Bertz CT molecular complexity index is 1060. The highest BCUT2D eigenvalue weighted by Gasteiger charge is 2.44. The zero-order valence-corrected chi connectivity index (χ0v) is 18.3. The second kappa shape index (κ2) is 8.11. The fourth-order valence-corrected chi connectivity index (χ4v) is 5.07. The third kappa shape index (κ3) is 3.92. The van der Waals surface area contributed by atoms with Gasteiger partial charge in [-0.1, -0.05) is 35.2 Å². The van der Waals surface area contributed by atoms with Crippen molar-refractivity contribution >= 4 is 51.4 Å². The maximum Gasteiger partial charge on any atom is 0.250 e. The van der Waals surface area contributed by atoms with Gasteiger partial charge in [0.25, 0.3) is 0 Å². The molecule has 1 aromatic carbocycles. The molecule has 8 nitrogen and oxygen atoms in total. The van der Waals surface area contributed by atoms with E-state index in [1.807, 2.05) is 37.3 Å². The lowest BCUT2D eigenvalue weighted by Gasteiger charge is -2.42. The van der Waals surface area contributed by atoms with Crippen LogP contribution in [0.2, 0.25) is 0 Å². The third-order valence-electron chi connectivity index (χ3n) is 4.75. The van der Waals surface area contributed by atoms with Crippen LogP contribution in [0.5, 0.6) is 0 Å². The van der Waals surface area contributed by atoms with E-state index < -0.39 is 10.8 Å². The lowest BCUT2D eigenvalue weighted by molar-refractivity contribution is -0.126. The first-order chi connectivity index (χ1) is 14.4. The number of fused-ring (bicyclic) bond motifs is 1. The monoisotopic (exact) mass is 443 g/mol. The van der Waals surface area contributed by atoms with E-state index in [0.29, 0.717) is 27.4 Å². The summed E-state index contributed by atoms with van der Waals surface area (Å²) in [6.45, 7) is 5.81. The Kier molecular flexibility index (Phi) is 5.52. The zero-order valence-electron chi connectivity index (χ0n) is 16.7. The maximum absolute atomic E-state index is 13.4. The van der Waals surface area contributed by atoms with E-state index in [0.717, 1.165) is 5.76 Å². The topological polar surface area (TPSA) is 100 Å². The van der Waals surface area contributed by atoms with E-state index in [4.69, 9.17) is 4.42 Å². The number of furan rings is 1. The van der Waals surface area contributed by atoms with E-state index in [9.17, 15) is 9.59 Å². The molecule has 2 amide bonds. The molecule has 10 heteroatoms. The second-order valence-corrected chi connectivity index (χ2v) is 9.84. The molecule has 2 N–H and O–H groups in total. The number of hydrogen-bond donors (Lipinski definition) is 2. The van der Waals surface area contributed by atoms with Crippen LogP contribution in [0.25, 0.3) is 0 Å². The fraction of sp³-hybridized carbons (Fsp3) is 0.300. The summed E-state index contributed by atoms with van der Waals surface area (Å²) in [6, 6.07) is 11.0. The molecule has 2 aromatic heterocycles. The molecule has 3 heterocycles. The van der Waals surface area contributed by atoms with E-state index >= 15 is 0 Å². The van der Waals surface area contributed by atoms with Crippen LogP contribution >= 0.6 is 23.1 Å². The van der Waals surface area contributed by atoms with Gasteiger partial charge in [0.2, 0.25) is 16.9 Å². The lowest BCUT2D eigenvalue weighted by atomic mass is 9.96. The van der Waals surface area contributed by atoms with E-state index in [1.165, 1.54) is 23.1 Å². The molecule has 156 valence electrons. The van der Waals surface area contributed by atoms with Crippen molar-refractivity contribution < 1.29 is 14.0 Å². The molecule has 0 saturated carbocycles.